The maximum Gasteiger partial charge on any atom is 0.326 e. The molecule has 0 spiro atoms. The molecule has 0 aromatic heterocycles. The Morgan fingerprint density at radius 1 is 0.516 bits per heavy atom. The monoisotopic (exact) mass is 879 g/mol. The Bertz CT molecular complexity index is 1710. The number of nitrogens with one attached hydrogen (secondary N) is 8. The second-order valence-electron chi connectivity index (χ2n) is 15.9. The fourth-order valence-electron chi connectivity index (χ4n) is 5.67. The van der Waals surface area contributed by atoms with Gasteiger partial charge in [0.05, 0.1) is 18.8 Å². The van der Waals surface area contributed by atoms with Crippen LogP contribution in [0.4, 0.5) is 0 Å². The number of carbonyl (C=O) groups is 9. The first-order valence-electron chi connectivity index (χ1n) is 20.2. The molecule has 0 bridgehead atoms. The third-order valence-corrected chi connectivity index (χ3v) is 9.40. The van der Waals surface area contributed by atoms with Crippen LogP contribution in [0.2, 0.25) is 0 Å². The van der Waals surface area contributed by atoms with Crippen LogP contribution in [-0.4, -0.2) is 147 Å². The molecule has 0 fully saturated rings. The number of aliphatic hydroxyl groups excluding tert-OH is 3. The summed E-state index contributed by atoms with van der Waals surface area (Å²) in [6.45, 7) is 12.2. The summed E-state index contributed by atoms with van der Waals surface area (Å²) in [6, 6.07) is -3.69. The van der Waals surface area contributed by atoms with Crippen LogP contribution in [-0.2, 0) is 49.6 Å². The number of benzene rings is 1. The third-order valence-electron chi connectivity index (χ3n) is 9.40. The Morgan fingerprint density at radius 3 is 1.32 bits per heavy atom. The van der Waals surface area contributed by atoms with Gasteiger partial charge in [-0.15, -0.1) is 0 Å². The Kier molecular flexibility index (Phi) is 22.7. The highest BCUT2D eigenvalue weighted by Crippen LogP contribution is 2.08. The highest BCUT2D eigenvalue weighted by atomic mass is 16.4. The van der Waals surface area contributed by atoms with Gasteiger partial charge < -0.3 is 68.7 Å². The van der Waals surface area contributed by atoms with Gasteiger partial charge in [-0.3, -0.25) is 38.4 Å². The van der Waals surface area contributed by atoms with Crippen LogP contribution >= 0.6 is 0 Å². The van der Waals surface area contributed by atoms with Gasteiger partial charge in [0.15, 0.2) is 0 Å². The van der Waals surface area contributed by atoms with Gasteiger partial charge in [0.1, 0.15) is 54.4 Å². The lowest BCUT2D eigenvalue weighted by atomic mass is 10.0. The van der Waals surface area contributed by atoms with Crippen LogP contribution in [0.5, 0.6) is 0 Å². The maximum atomic E-state index is 13.4. The Hall–Kier alpha value is -5.71. The van der Waals surface area contributed by atoms with Gasteiger partial charge in [-0.05, 0) is 58.4 Å². The van der Waals surface area contributed by atoms with Crippen molar-refractivity contribution in [2.75, 3.05) is 6.61 Å². The largest absolute Gasteiger partial charge is 0.480 e. The van der Waals surface area contributed by atoms with Gasteiger partial charge in [-0.1, -0.05) is 58.0 Å². The van der Waals surface area contributed by atoms with Crippen LogP contribution in [0.1, 0.15) is 74.3 Å². The van der Waals surface area contributed by atoms with E-state index in [4.69, 9.17) is 5.73 Å². The molecule has 0 radical (unpaired) electrons. The van der Waals surface area contributed by atoms with E-state index in [0.717, 1.165) is 13.8 Å². The number of carbonyl (C=O) groups excluding carboxylic acids is 8. The van der Waals surface area contributed by atoms with E-state index in [0.29, 0.717) is 5.56 Å². The summed E-state index contributed by atoms with van der Waals surface area (Å²) in [7, 11) is 0. The Balaban J connectivity index is 2.99. The summed E-state index contributed by atoms with van der Waals surface area (Å²) in [4.78, 5) is 116. The van der Waals surface area contributed by atoms with Gasteiger partial charge in [-0.25, -0.2) is 4.79 Å². The van der Waals surface area contributed by atoms with Gasteiger partial charge in [0, 0.05) is 6.42 Å². The summed E-state index contributed by atoms with van der Waals surface area (Å²) < 4.78 is 0. The standard InChI is InChI=1S/C40H65N9O13/c1-18(2)15-28(40(61)62)46-32(53)20(5)44-38(59)30(23(8)51)49-39(60)31(24(9)52)48-34(55)22(7)43-37(58)29(19(3)4)47-33(54)21(6)42-36(57)27(45-35(56)26(41)17-50)16-25-13-11-10-12-14-25/h10-14,18-24,26-31,50-52H,15-17,41H2,1-9H3,(H,42,57)(H,43,58)(H,44,59)(H,45,56)(H,46,53)(H,47,54)(H,48,55)(H,49,60)(H,61,62)/t20-,21-,22-,23?,24?,26-,27-,28-,29-,30-,31-/m0/s1. The molecule has 11 atom stereocenters. The molecule has 348 valence electrons. The number of carboxylic acids is 1. The number of amides is 8. The van der Waals surface area contributed by atoms with Crippen molar-refractivity contribution in [2.45, 2.75) is 142 Å². The molecule has 1 rings (SSSR count). The van der Waals surface area contributed by atoms with Crippen molar-refractivity contribution in [1.82, 2.24) is 42.5 Å². The topological polar surface area (TPSA) is 357 Å². The van der Waals surface area contributed by atoms with E-state index >= 15 is 0 Å². The molecular formula is C40H65N9O13. The zero-order valence-electron chi connectivity index (χ0n) is 36.6. The molecule has 14 N–H and O–H groups in total. The molecule has 0 aliphatic heterocycles. The summed E-state index contributed by atoms with van der Waals surface area (Å²) >= 11 is 0. The predicted molar refractivity (Wildman–Crippen MR) is 223 cm³/mol. The number of aliphatic carboxylic acids is 1. The van der Waals surface area contributed by atoms with Gasteiger partial charge in [0.2, 0.25) is 47.3 Å². The van der Waals surface area contributed by atoms with Crippen LogP contribution in [0.25, 0.3) is 0 Å². The van der Waals surface area contributed by atoms with Crippen molar-refractivity contribution >= 4 is 53.2 Å². The molecule has 1 aromatic rings. The lowest BCUT2D eigenvalue weighted by molar-refractivity contribution is -0.143. The predicted octanol–water partition coefficient (Wildman–Crippen LogP) is -3.96. The van der Waals surface area contributed by atoms with Crippen molar-refractivity contribution < 1.29 is 63.6 Å². The molecule has 2 unspecified atom stereocenters. The minimum atomic E-state index is -1.73. The average molecular weight is 880 g/mol. The third kappa shape index (κ3) is 18.1. The molecule has 0 aliphatic carbocycles. The number of rotatable bonds is 25. The average Bonchev–Trinajstić information content (AvgIpc) is 3.19. The first kappa shape index (κ1) is 54.3. The molecule has 0 aliphatic rings. The minimum absolute atomic E-state index is 0.0198. The number of hydrogen-bond acceptors (Lipinski definition) is 13. The summed E-state index contributed by atoms with van der Waals surface area (Å²) in [5, 5.41) is 58.5. The lowest BCUT2D eigenvalue weighted by Crippen LogP contribution is -2.63. The second-order valence-corrected chi connectivity index (χ2v) is 15.9. The van der Waals surface area contributed by atoms with Crippen molar-refractivity contribution in [3.63, 3.8) is 0 Å². The number of carboxylic acid groups (broad SMARTS) is 1. The van der Waals surface area contributed by atoms with Crippen molar-refractivity contribution in [1.29, 1.82) is 0 Å². The minimum Gasteiger partial charge on any atom is -0.480 e. The Labute approximate surface area is 360 Å². The second kappa shape index (κ2) is 25.9. The van der Waals surface area contributed by atoms with E-state index < -0.39 is 132 Å². The summed E-state index contributed by atoms with van der Waals surface area (Å²) in [5.74, 6) is -9.08. The number of aliphatic hydroxyl groups is 3. The smallest absolute Gasteiger partial charge is 0.326 e. The molecule has 22 heteroatoms. The van der Waals surface area contributed by atoms with E-state index in [1.165, 1.54) is 20.8 Å². The van der Waals surface area contributed by atoms with E-state index in [-0.39, 0.29) is 18.8 Å². The van der Waals surface area contributed by atoms with Crippen molar-refractivity contribution in [3.05, 3.63) is 35.9 Å². The summed E-state index contributed by atoms with van der Waals surface area (Å²) in [6.07, 6.45) is -3.00. The molecular weight excluding hydrogens is 814 g/mol. The molecule has 0 heterocycles. The zero-order chi connectivity index (χ0) is 47.6. The van der Waals surface area contributed by atoms with Crippen LogP contribution in [0.15, 0.2) is 30.3 Å². The molecule has 8 amide bonds. The summed E-state index contributed by atoms with van der Waals surface area (Å²) in [5.41, 5.74) is 6.29. The van der Waals surface area contributed by atoms with Gasteiger partial charge >= 0.3 is 5.97 Å². The SMILES string of the molecule is CC(C)C[C@H](NC(=O)[C@H](C)NC(=O)[C@@H](NC(=O)[C@@H](NC(=O)[C@H](C)NC(=O)[C@@H](NC(=O)[C@H](C)NC(=O)[C@H](Cc1ccccc1)NC(=O)[C@@H](N)CO)C(C)C)C(C)O)C(C)O)C(=O)O. The molecule has 62 heavy (non-hydrogen) atoms. The number of hydrogen-bond donors (Lipinski definition) is 13. The molecule has 22 nitrogen and oxygen atoms in total. The first-order chi connectivity index (χ1) is 28.8. The van der Waals surface area contributed by atoms with E-state index in [2.05, 4.69) is 42.5 Å². The van der Waals surface area contributed by atoms with Crippen molar-refractivity contribution in [2.24, 2.45) is 17.6 Å². The van der Waals surface area contributed by atoms with Gasteiger partial charge in [-0.2, -0.15) is 0 Å². The Morgan fingerprint density at radius 2 is 0.903 bits per heavy atom. The van der Waals surface area contributed by atoms with Crippen LogP contribution in [0.3, 0.4) is 0 Å². The molecule has 0 saturated carbocycles. The highest BCUT2D eigenvalue weighted by Gasteiger charge is 2.36. The van der Waals surface area contributed by atoms with Crippen molar-refractivity contribution in [3.8, 4) is 0 Å². The zero-order valence-corrected chi connectivity index (χ0v) is 36.6. The fourth-order valence-corrected chi connectivity index (χ4v) is 5.67. The highest BCUT2D eigenvalue weighted by molar-refractivity contribution is 5.98. The van der Waals surface area contributed by atoms with Crippen LogP contribution < -0.4 is 48.3 Å². The lowest BCUT2D eigenvalue weighted by Gasteiger charge is -2.28. The van der Waals surface area contributed by atoms with Crippen LogP contribution in [0, 0.1) is 11.8 Å². The first-order valence-corrected chi connectivity index (χ1v) is 20.2. The molecule has 0 saturated heterocycles. The van der Waals surface area contributed by atoms with E-state index in [1.807, 2.05) is 0 Å². The quantitative estimate of drug-likeness (QED) is 0.0446. The fraction of sp³-hybridized carbons (Fsp3) is 0.625. The van der Waals surface area contributed by atoms with E-state index in [1.54, 1.807) is 58.0 Å². The maximum absolute atomic E-state index is 13.4. The van der Waals surface area contributed by atoms with E-state index in [9.17, 15) is 63.6 Å². The molecule has 1 aromatic carbocycles. The van der Waals surface area contributed by atoms with Gasteiger partial charge in [0.25, 0.3) is 0 Å². The number of nitrogens with two attached hydrogens (primary N) is 1. The normalized spacial score (nSPS) is 16.6.